The number of carboxylic acids is 1. The number of nitrogens with one attached hydrogen (secondary N) is 1. The number of carbonyl (C=O) groups excluding carboxylic acids is 1. The molecular formula is C26H40N2O5. The van der Waals surface area contributed by atoms with E-state index in [0.29, 0.717) is 12.0 Å². The molecule has 1 aromatic rings. The number of rotatable bonds is 8. The van der Waals surface area contributed by atoms with E-state index in [9.17, 15) is 19.8 Å². The standard InChI is InChI=1S/C26H40N2O5/c1-28(2)17-21-11-5-8-15-26(21,32)20-12-9-10-19(16-20)22(23(29)30)25(13-6-4-7-14-25)18-27-24(31)33-3/h9-10,12,16,21-22,32H,4-8,11,13-15,17-18H2,1-3H3,(H,27,31)(H,29,30). The zero-order chi connectivity index (χ0) is 24.1. The molecule has 3 N–H and O–H groups in total. The van der Waals surface area contributed by atoms with E-state index in [0.717, 1.165) is 63.5 Å². The topological polar surface area (TPSA) is 99.1 Å². The normalized spacial score (nSPS) is 25.9. The van der Waals surface area contributed by atoms with Gasteiger partial charge in [-0.15, -0.1) is 0 Å². The Hall–Kier alpha value is -2.12. The number of aliphatic hydroxyl groups is 1. The van der Waals surface area contributed by atoms with Crippen LogP contribution >= 0.6 is 0 Å². The largest absolute Gasteiger partial charge is 0.481 e. The van der Waals surface area contributed by atoms with Gasteiger partial charge in [0.05, 0.1) is 18.6 Å². The molecule has 7 heteroatoms. The van der Waals surface area contributed by atoms with Crippen molar-refractivity contribution in [1.29, 1.82) is 0 Å². The molecule has 0 spiro atoms. The Labute approximate surface area is 197 Å². The van der Waals surface area contributed by atoms with Crippen LogP contribution in [0.15, 0.2) is 24.3 Å². The summed E-state index contributed by atoms with van der Waals surface area (Å²) in [5.74, 6) is -1.56. The molecule has 0 radical (unpaired) electrons. The van der Waals surface area contributed by atoms with Crippen LogP contribution in [0.5, 0.6) is 0 Å². The third-order valence-electron chi connectivity index (χ3n) is 7.82. The maximum Gasteiger partial charge on any atom is 0.406 e. The van der Waals surface area contributed by atoms with Crippen LogP contribution in [-0.2, 0) is 15.1 Å². The number of aliphatic carboxylic acids is 1. The number of benzene rings is 1. The molecule has 0 bridgehead atoms. The number of hydrogen-bond acceptors (Lipinski definition) is 5. The highest BCUT2D eigenvalue weighted by atomic mass is 16.5. The van der Waals surface area contributed by atoms with Crippen molar-refractivity contribution < 1.29 is 24.5 Å². The van der Waals surface area contributed by atoms with Crippen molar-refractivity contribution in [3.05, 3.63) is 35.4 Å². The summed E-state index contributed by atoms with van der Waals surface area (Å²) in [7, 11) is 5.36. The first-order chi connectivity index (χ1) is 15.7. The van der Waals surface area contributed by atoms with Crippen LogP contribution in [0.3, 0.4) is 0 Å². The lowest BCUT2D eigenvalue weighted by Gasteiger charge is -2.44. The maximum atomic E-state index is 12.7. The van der Waals surface area contributed by atoms with Crippen molar-refractivity contribution in [2.24, 2.45) is 11.3 Å². The zero-order valence-corrected chi connectivity index (χ0v) is 20.3. The summed E-state index contributed by atoms with van der Waals surface area (Å²) in [5.41, 5.74) is -0.0402. The van der Waals surface area contributed by atoms with Crippen molar-refractivity contribution >= 4 is 12.1 Å². The number of amides is 1. The van der Waals surface area contributed by atoms with Crippen LogP contribution in [0.2, 0.25) is 0 Å². The summed E-state index contributed by atoms with van der Waals surface area (Å²) < 4.78 is 4.75. The van der Waals surface area contributed by atoms with Gasteiger partial charge in [0.1, 0.15) is 0 Å². The van der Waals surface area contributed by atoms with Gasteiger partial charge < -0.3 is 25.2 Å². The Morgan fingerprint density at radius 1 is 1.15 bits per heavy atom. The molecule has 2 saturated carbocycles. The zero-order valence-electron chi connectivity index (χ0n) is 20.3. The molecule has 184 valence electrons. The summed E-state index contributed by atoms with van der Waals surface area (Å²) in [6.45, 7) is 1.05. The SMILES string of the molecule is COC(=O)NCC1(C(C(=O)O)c2cccc(C3(O)CCCCC3CN(C)C)c2)CCCCC1. The maximum absolute atomic E-state index is 12.7. The Kier molecular flexibility index (Phi) is 8.40. The first-order valence-corrected chi connectivity index (χ1v) is 12.2. The van der Waals surface area contributed by atoms with Crippen LogP contribution < -0.4 is 5.32 Å². The van der Waals surface area contributed by atoms with Crippen LogP contribution in [0.1, 0.15) is 74.8 Å². The summed E-state index contributed by atoms with van der Waals surface area (Å²) >= 11 is 0. The fourth-order valence-electron chi connectivity index (χ4n) is 6.18. The number of carbonyl (C=O) groups is 2. The molecule has 0 aromatic heterocycles. The lowest BCUT2D eigenvalue weighted by Crippen LogP contribution is -2.46. The molecule has 2 fully saturated rings. The van der Waals surface area contributed by atoms with Gasteiger partial charge in [-0.25, -0.2) is 4.79 Å². The van der Waals surface area contributed by atoms with Gasteiger partial charge in [-0.3, -0.25) is 4.79 Å². The van der Waals surface area contributed by atoms with Gasteiger partial charge in [-0.2, -0.15) is 0 Å². The van der Waals surface area contributed by atoms with Crippen molar-refractivity contribution in [1.82, 2.24) is 10.2 Å². The number of alkyl carbamates (subject to hydrolysis) is 1. The second-order valence-corrected chi connectivity index (χ2v) is 10.3. The van der Waals surface area contributed by atoms with Gasteiger partial charge in [0.25, 0.3) is 0 Å². The average molecular weight is 461 g/mol. The Morgan fingerprint density at radius 2 is 1.85 bits per heavy atom. The molecule has 2 aliphatic rings. The second-order valence-electron chi connectivity index (χ2n) is 10.3. The summed E-state index contributed by atoms with van der Waals surface area (Å²) in [6, 6.07) is 7.60. The highest BCUT2D eigenvalue weighted by Gasteiger charge is 2.46. The van der Waals surface area contributed by atoms with E-state index in [2.05, 4.69) is 10.2 Å². The van der Waals surface area contributed by atoms with Crippen molar-refractivity contribution in [2.75, 3.05) is 34.3 Å². The minimum absolute atomic E-state index is 0.101. The van der Waals surface area contributed by atoms with E-state index in [1.54, 1.807) is 0 Å². The number of ether oxygens (including phenoxy) is 1. The second kappa shape index (κ2) is 10.9. The van der Waals surface area contributed by atoms with Gasteiger partial charge >= 0.3 is 12.1 Å². The first-order valence-electron chi connectivity index (χ1n) is 12.2. The molecule has 33 heavy (non-hydrogen) atoms. The quantitative estimate of drug-likeness (QED) is 0.540. The van der Waals surface area contributed by atoms with Crippen molar-refractivity contribution in [2.45, 2.75) is 69.3 Å². The minimum atomic E-state index is -0.967. The minimum Gasteiger partial charge on any atom is -0.481 e. The number of methoxy groups -OCH3 is 1. The van der Waals surface area contributed by atoms with Crippen molar-refractivity contribution in [3.8, 4) is 0 Å². The van der Waals surface area contributed by atoms with Crippen LogP contribution in [0, 0.1) is 11.3 Å². The van der Waals surface area contributed by atoms with E-state index >= 15 is 0 Å². The lowest BCUT2D eigenvalue weighted by atomic mass is 9.63. The third kappa shape index (κ3) is 5.69. The van der Waals surface area contributed by atoms with E-state index < -0.39 is 29.0 Å². The number of carboxylic acid groups (broad SMARTS) is 1. The first kappa shape index (κ1) is 25.5. The van der Waals surface area contributed by atoms with Gasteiger partial charge in [0.15, 0.2) is 0 Å². The molecule has 0 aliphatic heterocycles. The highest BCUT2D eigenvalue weighted by Crippen LogP contribution is 2.49. The molecule has 0 saturated heterocycles. The number of hydrogen-bond donors (Lipinski definition) is 3. The van der Waals surface area contributed by atoms with E-state index in [4.69, 9.17) is 4.74 Å². The molecular weight excluding hydrogens is 420 g/mol. The van der Waals surface area contributed by atoms with E-state index in [1.807, 2.05) is 38.4 Å². The molecule has 3 rings (SSSR count). The predicted octanol–water partition coefficient (Wildman–Crippen LogP) is 4.10. The fourth-order valence-corrected chi connectivity index (χ4v) is 6.18. The van der Waals surface area contributed by atoms with Gasteiger partial charge in [-0.1, -0.05) is 56.4 Å². The monoisotopic (exact) mass is 460 g/mol. The Morgan fingerprint density at radius 3 is 2.48 bits per heavy atom. The lowest BCUT2D eigenvalue weighted by molar-refractivity contribution is -0.143. The Balaban J connectivity index is 1.99. The van der Waals surface area contributed by atoms with Crippen molar-refractivity contribution in [3.63, 3.8) is 0 Å². The van der Waals surface area contributed by atoms with E-state index in [1.165, 1.54) is 7.11 Å². The third-order valence-corrected chi connectivity index (χ3v) is 7.82. The molecule has 3 atom stereocenters. The van der Waals surface area contributed by atoms with Crippen LogP contribution in [0.25, 0.3) is 0 Å². The number of nitrogens with zero attached hydrogens (tertiary/aromatic N) is 1. The van der Waals surface area contributed by atoms with Crippen LogP contribution in [0.4, 0.5) is 4.79 Å². The molecule has 3 unspecified atom stereocenters. The molecule has 0 heterocycles. The smallest absolute Gasteiger partial charge is 0.406 e. The van der Waals surface area contributed by atoms with Gasteiger partial charge in [0.2, 0.25) is 0 Å². The predicted molar refractivity (Wildman–Crippen MR) is 127 cm³/mol. The summed E-state index contributed by atoms with van der Waals surface area (Å²) in [5, 5.41) is 25.0. The fraction of sp³-hybridized carbons (Fsp3) is 0.692. The van der Waals surface area contributed by atoms with E-state index in [-0.39, 0.29) is 12.5 Å². The van der Waals surface area contributed by atoms with Gasteiger partial charge in [-0.05, 0) is 50.9 Å². The molecule has 1 aromatic carbocycles. The average Bonchev–Trinajstić information content (AvgIpc) is 2.79. The van der Waals surface area contributed by atoms with Crippen LogP contribution in [-0.4, -0.2) is 61.5 Å². The summed E-state index contributed by atoms with van der Waals surface area (Å²) in [4.78, 5) is 26.6. The van der Waals surface area contributed by atoms with Gasteiger partial charge in [0, 0.05) is 24.4 Å². The summed E-state index contributed by atoms with van der Waals surface area (Å²) in [6.07, 6.45) is 7.54. The molecule has 1 amide bonds. The molecule has 2 aliphatic carbocycles. The molecule has 7 nitrogen and oxygen atoms in total. The highest BCUT2D eigenvalue weighted by molar-refractivity contribution is 5.78. The Bertz CT molecular complexity index is 821.